The molecule has 1 aliphatic rings. The van der Waals surface area contributed by atoms with Crippen LogP contribution in [0.1, 0.15) is 47.7 Å². The molecule has 1 N–H and O–H groups in total. The minimum absolute atomic E-state index is 0.0276. The highest BCUT2D eigenvalue weighted by Crippen LogP contribution is 2.33. The highest BCUT2D eigenvalue weighted by atomic mass is 16.5. The first-order valence-electron chi connectivity index (χ1n) is 11.0. The van der Waals surface area contributed by atoms with Crippen molar-refractivity contribution in [1.29, 1.82) is 0 Å². The first kappa shape index (κ1) is 23.3. The van der Waals surface area contributed by atoms with Gasteiger partial charge in [-0.25, -0.2) is 0 Å². The molecular weight excluding hydrogens is 408 g/mol. The normalized spacial score (nSPS) is 12.7. The van der Waals surface area contributed by atoms with E-state index in [1.165, 1.54) is 0 Å². The second-order valence-corrected chi connectivity index (χ2v) is 7.93. The minimum Gasteiger partial charge on any atom is -0.485 e. The van der Waals surface area contributed by atoms with E-state index in [0.717, 1.165) is 17.5 Å². The molecule has 2 aromatic carbocycles. The largest absolute Gasteiger partial charge is 0.485 e. The van der Waals surface area contributed by atoms with Crippen LogP contribution in [-0.4, -0.2) is 43.9 Å². The number of ether oxygens (including phenoxy) is 2. The molecule has 2 amide bonds. The van der Waals surface area contributed by atoms with Crippen LogP contribution >= 0.6 is 0 Å². The summed E-state index contributed by atoms with van der Waals surface area (Å²) in [6.45, 7) is 6.87. The number of nitrogens with one attached hydrogen (secondary N) is 1. The molecule has 32 heavy (non-hydrogen) atoms. The number of anilines is 1. The third-order valence-electron chi connectivity index (χ3n) is 5.43. The van der Waals surface area contributed by atoms with Gasteiger partial charge in [0.25, 0.3) is 5.91 Å². The number of rotatable bonds is 10. The van der Waals surface area contributed by atoms with Gasteiger partial charge in [0, 0.05) is 25.1 Å². The standard InChI is InChI=1S/C25H30N2O5/c1-4-11-26-24(29)6-5-12-27-21-14-19(8-10-23(21)32-16-25(27)30)22(28)15-31-20-9-7-17(2)18(3)13-20/h7-10,13-14H,4-6,11-12,15-16H2,1-3H3,(H,26,29). The van der Waals surface area contributed by atoms with Crippen molar-refractivity contribution in [3.05, 3.63) is 53.1 Å². The maximum atomic E-state index is 12.7. The number of hydrogen-bond acceptors (Lipinski definition) is 5. The lowest BCUT2D eigenvalue weighted by atomic mass is 10.1. The number of aryl methyl sites for hydroxylation is 2. The summed E-state index contributed by atoms with van der Waals surface area (Å²) in [5, 5.41) is 2.83. The van der Waals surface area contributed by atoms with Crippen LogP contribution in [0.25, 0.3) is 0 Å². The fourth-order valence-electron chi connectivity index (χ4n) is 3.41. The molecule has 0 aliphatic carbocycles. The summed E-state index contributed by atoms with van der Waals surface area (Å²) in [6, 6.07) is 10.7. The zero-order chi connectivity index (χ0) is 23.1. The molecular formula is C25H30N2O5. The average molecular weight is 439 g/mol. The fourth-order valence-corrected chi connectivity index (χ4v) is 3.41. The van der Waals surface area contributed by atoms with Crippen molar-refractivity contribution in [2.45, 2.75) is 40.0 Å². The van der Waals surface area contributed by atoms with E-state index in [1.807, 2.05) is 39.0 Å². The lowest BCUT2D eigenvalue weighted by molar-refractivity contribution is -0.122. The van der Waals surface area contributed by atoms with Crippen molar-refractivity contribution in [2.24, 2.45) is 0 Å². The van der Waals surface area contributed by atoms with Gasteiger partial charge in [-0.2, -0.15) is 0 Å². The molecule has 7 nitrogen and oxygen atoms in total. The number of carbonyl (C=O) groups excluding carboxylic acids is 3. The van der Waals surface area contributed by atoms with Gasteiger partial charge >= 0.3 is 0 Å². The number of nitrogens with zero attached hydrogens (tertiary/aromatic N) is 1. The van der Waals surface area contributed by atoms with E-state index in [2.05, 4.69) is 5.32 Å². The summed E-state index contributed by atoms with van der Waals surface area (Å²) < 4.78 is 11.2. The van der Waals surface area contributed by atoms with Gasteiger partial charge in [0.1, 0.15) is 11.5 Å². The molecule has 0 saturated heterocycles. The number of amides is 2. The van der Waals surface area contributed by atoms with Gasteiger partial charge < -0.3 is 19.7 Å². The molecule has 0 spiro atoms. The Labute approximate surface area is 188 Å². The van der Waals surface area contributed by atoms with Crippen LogP contribution < -0.4 is 19.7 Å². The Morgan fingerprint density at radius 3 is 2.69 bits per heavy atom. The van der Waals surface area contributed by atoms with Crippen LogP contribution in [0.5, 0.6) is 11.5 Å². The van der Waals surface area contributed by atoms with Gasteiger partial charge in [0.05, 0.1) is 5.69 Å². The molecule has 0 unspecified atom stereocenters. The molecule has 0 aromatic heterocycles. The first-order valence-corrected chi connectivity index (χ1v) is 11.0. The lowest BCUT2D eigenvalue weighted by Gasteiger charge is -2.29. The second-order valence-electron chi connectivity index (χ2n) is 7.93. The summed E-state index contributed by atoms with van der Waals surface area (Å²) in [5.74, 6) is 0.776. The first-order chi connectivity index (χ1) is 15.4. The van der Waals surface area contributed by atoms with E-state index in [-0.39, 0.29) is 30.8 Å². The van der Waals surface area contributed by atoms with Gasteiger partial charge in [-0.3, -0.25) is 14.4 Å². The lowest BCUT2D eigenvalue weighted by Crippen LogP contribution is -2.40. The molecule has 2 aromatic rings. The van der Waals surface area contributed by atoms with E-state index in [9.17, 15) is 14.4 Å². The van der Waals surface area contributed by atoms with Gasteiger partial charge in [0.15, 0.2) is 19.0 Å². The summed E-state index contributed by atoms with van der Waals surface area (Å²) in [4.78, 5) is 38.6. The minimum atomic E-state index is -0.192. The Balaban J connectivity index is 1.65. The summed E-state index contributed by atoms with van der Waals surface area (Å²) in [5.41, 5.74) is 3.24. The summed E-state index contributed by atoms with van der Waals surface area (Å²) in [6.07, 6.45) is 1.74. The Morgan fingerprint density at radius 1 is 1.12 bits per heavy atom. The van der Waals surface area contributed by atoms with Gasteiger partial charge in [-0.15, -0.1) is 0 Å². The van der Waals surface area contributed by atoms with E-state index >= 15 is 0 Å². The molecule has 0 bridgehead atoms. The highest BCUT2D eigenvalue weighted by Gasteiger charge is 2.26. The third kappa shape index (κ3) is 5.87. The molecule has 0 saturated carbocycles. The number of carbonyl (C=O) groups is 3. The number of fused-ring (bicyclic) bond motifs is 1. The number of benzene rings is 2. The molecule has 0 atom stereocenters. The maximum absolute atomic E-state index is 12.7. The SMILES string of the molecule is CCCNC(=O)CCCN1C(=O)COc2ccc(C(=O)COc3ccc(C)c(C)c3)cc21. The van der Waals surface area contributed by atoms with Crippen LogP contribution in [0.2, 0.25) is 0 Å². The van der Waals surface area contributed by atoms with E-state index < -0.39 is 0 Å². The van der Waals surface area contributed by atoms with E-state index in [0.29, 0.717) is 48.7 Å². The molecule has 0 radical (unpaired) electrons. The Kier molecular flexibility index (Phi) is 7.87. The number of hydrogen-bond donors (Lipinski definition) is 1. The Bertz CT molecular complexity index is 1000. The summed E-state index contributed by atoms with van der Waals surface area (Å²) in [7, 11) is 0. The topological polar surface area (TPSA) is 84.9 Å². The molecule has 3 rings (SSSR count). The van der Waals surface area contributed by atoms with Crippen molar-refractivity contribution in [3.63, 3.8) is 0 Å². The predicted octanol–water partition coefficient (Wildman–Crippen LogP) is 3.60. The van der Waals surface area contributed by atoms with Gasteiger partial charge in [0.2, 0.25) is 5.91 Å². The van der Waals surface area contributed by atoms with E-state index in [4.69, 9.17) is 9.47 Å². The molecule has 7 heteroatoms. The quantitative estimate of drug-likeness (QED) is 0.573. The number of Topliss-reactive ketones (excluding diaryl/α,β-unsaturated/α-hetero) is 1. The highest BCUT2D eigenvalue weighted by molar-refractivity contribution is 6.02. The monoisotopic (exact) mass is 438 g/mol. The van der Waals surface area contributed by atoms with Crippen molar-refractivity contribution < 1.29 is 23.9 Å². The van der Waals surface area contributed by atoms with Crippen LogP contribution in [-0.2, 0) is 9.59 Å². The van der Waals surface area contributed by atoms with Crippen LogP contribution in [0, 0.1) is 13.8 Å². The van der Waals surface area contributed by atoms with Crippen molar-refractivity contribution >= 4 is 23.3 Å². The van der Waals surface area contributed by atoms with Crippen molar-refractivity contribution in [3.8, 4) is 11.5 Å². The number of ketones is 1. The van der Waals surface area contributed by atoms with E-state index in [1.54, 1.807) is 23.1 Å². The smallest absolute Gasteiger partial charge is 0.265 e. The second kappa shape index (κ2) is 10.8. The molecule has 170 valence electrons. The zero-order valence-corrected chi connectivity index (χ0v) is 18.9. The Hall–Kier alpha value is -3.35. The third-order valence-corrected chi connectivity index (χ3v) is 5.43. The Morgan fingerprint density at radius 2 is 1.94 bits per heavy atom. The van der Waals surface area contributed by atoms with Crippen LogP contribution in [0.15, 0.2) is 36.4 Å². The molecule has 1 aliphatic heterocycles. The van der Waals surface area contributed by atoms with Crippen LogP contribution in [0.3, 0.4) is 0 Å². The van der Waals surface area contributed by atoms with Crippen molar-refractivity contribution in [2.75, 3.05) is 31.2 Å². The summed E-state index contributed by atoms with van der Waals surface area (Å²) >= 11 is 0. The predicted molar refractivity (Wildman–Crippen MR) is 123 cm³/mol. The average Bonchev–Trinajstić information content (AvgIpc) is 2.79. The zero-order valence-electron chi connectivity index (χ0n) is 18.9. The molecule has 0 fully saturated rings. The molecule has 1 heterocycles. The van der Waals surface area contributed by atoms with Crippen LogP contribution in [0.4, 0.5) is 5.69 Å². The van der Waals surface area contributed by atoms with Gasteiger partial charge in [-0.05, 0) is 68.1 Å². The van der Waals surface area contributed by atoms with Crippen molar-refractivity contribution in [1.82, 2.24) is 5.32 Å². The van der Waals surface area contributed by atoms with Gasteiger partial charge in [-0.1, -0.05) is 13.0 Å². The maximum Gasteiger partial charge on any atom is 0.265 e. The fraction of sp³-hybridized carbons (Fsp3) is 0.400.